The summed E-state index contributed by atoms with van der Waals surface area (Å²) in [5, 5.41) is 11.3. The van der Waals surface area contributed by atoms with Gasteiger partial charge in [0.25, 0.3) is 0 Å². The first-order valence-electron chi connectivity index (χ1n) is 14.5. The van der Waals surface area contributed by atoms with E-state index in [-0.39, 0.29) is 30.8 Å². The van der Waals surface area contributed by atoms with Crippen molar-refractivity contribution in [2.75, 3.05) is 19.6 Å². The van der Waals surface area contributed by atoms with Gasteiger partial charge >= 0.3 is 19.5 Å². The number of rotatable bonds is 9. The SMILES string of the molecule is CC(C)(c1ccnc(-c2ccccc2O)n1)c1ccnc(P(=O)(c2[c-]cccc2)c2[c-]cccc2)n1.CCN(CC)CC.[Rh+3]. The maximum Gasteiger partial charge on any atom is 3.00 e. The minimum Gasteiger partial charge on any atom is -0.507 e. The van der Waals surface area contributed by atoms with Gasteiger partial charge in [0.2, 0.25) is 0 Å². The fraction of sp³-hybridized carbons (Fsp3) is 0.257. The molecule has 5 rings (SSSR count). The molecule has 7 nitrogen and oxygen atoms in total. The summed E-state index contributed by atoms with van der Waals surface area (Å²) in [6, 6.07) is 31.2. The number of para-hydroxylation sites is 1. The van der Waals surface area contributed by atoms with E-state index in [1.807, 2.05) is 50.2 Å². The van der Waals surface area contributed by atoms with Crippen LogP contribution in [0.5, 0.6) is 5.75 Å². The molecule has 0 aliphatic heterocycles. The van der Waals surface area contributed by atoms with Crippen LogP contribution in [0.15, 0.2) is 97.3 Å². The third-order valence-corrected chi connectivity index (χ3v) is 10.1. The first kappa shape index (κ1) is 34.9. The van der Waals surface area contributed by atoms with E-state index in [4.69, 9.17) is 9.97 Å². The normalized spacial score (nSPS) is 11.3. The molecule has 0 bridgehead atoms. The van der Waals surface area contributed by atoms with Crippen LogP contribution in [0.25, 0.3) is 11.4 Å². The van der Waals surface area contributed by atoms with Crippen LogP contribution in [0, 0.1) is 12.1 Å². The Bertz CT molecular complexity index is 1620. The molecule has 0 aliphatic carbocycles. The predicted octanol–water partition coefficient (Wildman–Crippen LogP) is 5.55. The van der Waals surface area contributed by atoms with Crippen LogP contribution in [-0.2, 0) is 29.5 Å². The molecule has 0 unspecified atom stereocenters. The van der Waals surface area contributed by atoms with E-state index in [0.717, 1.165) is 0 Å². The van der Waals surface area contributed by atoms with Crippen molar-refractivity contribution in [1.82, 2.24) is 24.8 Å². The Kier molecular flexibility index (Phi) is 12.7. The number of nitrogens with zero attached hydrogens (tertiary/aromatic N) is 5. The van der Waals surface area contributed by atoms with Crippen LogP contribution >= 0.6 is 7.14 Å². The van der Waals surface area contributed by atoms with Gasteiger partial charge in [0, 0.05) is 17.8 Å². The summed E-state index contributed by atoms with van der Waals surface area (Å²) >= 11 is 0. The zero-order chi connectivity index (χ0) is 30.9. The van der Waals surface area contributed by atoms with E-state index in [2.05, 4.69) is 47.8 Å². The zero-order valence-electron chi connectivity index (χ0n) is 25.7. The number of benzene rings is 3. The topological polar surface area (TPSA) is 92.1 Å². The number of hydrogen-bond donors (Lipinski definition) is 1. The third-order valence-electron chi connectivity index (χ3n) is 7.41. The third kappa shape index (κ3) is 7.74. The average molecular weight is 695 g/mol. The van der Waals surface area contributed by atoms with Gasteiger partial charge in [0.1, 0.15) is 5.75 Å². The molecule has 2 aromatic heterocycles. The van der Waals surface area contributed by atoms with Gasteiger partial charge in [0.15, 0.2) is 18.5 Å². The van der Waals surface area contributed by atoms with Crippen molar-refractivity contribution < 1.29 is 29.1 Å². The van der Waals surface area contributed by atoms with Crippen LogP contribution in [-0.4, -0.2) is 49.6 Å². The van der Waals surface area contributed by atoms with Crippen molar-refractivity contribution in [2.45, 2.75) is 40.0 Å². The van der Waals surface area contributed by atoms with Crippen LogP contribution in [0.4, 0.5) is 0 Å². The van der Waals surface area contributed by atoms with E-state index in [9.17, 15) is 9.67 Å². The Morgan fingerprint density at radius 1 is 0.750 bits per heavy atom. The molecule has 9 heteroatoms. The predicted molar refractivity (Wildman–Crippen MR) is 174 cm³/mol. The number of phenolic OH excluding ortho intramolecular Hbond substituents is 1. The molecule has 0 radical (unpaired) electrons. The Morgan fingerprint density at radius 2 is 1.27 bits per heavy atom. The fourth-order valence-electron chi connectivity index (χ4n) is 4.65. The molecule has 2 heterocycles. The largest absolute Gasteiger partial charge is 3.00 e. The van der Waals surface area contributed by atoms with Crippen LogP contribution in [0.2, 0.25) is 0 Å². The second-order valence-corrected chi connectivity index (χ2v) is 13.0. The minimum absolute atomic E-state index is 0. The van der Waals surface area contributed by atoms with Gasteiger partial charge in [-0.3, -0.25) is 0 Å². The molecule has 228 valence electrons. The average Bonchev–Trinajstić information content (AvgIpc) is 3.06. The summed E-state index contributed by atoms with van der Waals surface area (Å²) in [6.45, 7) is 14.1. The minimum atomic E-state index is -3.43. The van der Waals surface area contributed by atoms with E-state index >= 15 is 0 Å². The van der Waals surface area contributed by atoms with Crippen molar-refractivity contribution in [3.8, 4) is 17.1 Å². The maximum atomic E-state index is 14.7. The van der Waals surface area contributed by atoms with Crippen molar-refractivity contribution in [2.24, 2.45) is 0 Å². The number of aromatic hydroxyl groups is 1. The molecular formula is C35H38N5O2PRh+. The van der Waals surface area contributed by atoms with Gasteiger partial charge in [-0.15, -0.1) is 0 Å². The second kappa shape index (κ2) is 15.9. The van der Waals surface area contributed by atoms with Gasteiger partial charge in [0.05, 0.1) is 17.0 Å². The van der Waals surface area contributed by atoms with E-state index in [1.165, 1.54) is 19.6 Å². The fourth-order valence-corrected chi connectivity index (χ4v) is 6.93. The van der Waals surface area contributed by atoms with Gasteiger partial charge in [-0.1, -0.05) is 43.5 Å². The van der Waals surface area contributed by atoms with E-state index < -0.39 is 12.6 Å². The summed E-state index contributed by atoms with van der Waals surface area (Å²) < 4.78 is 14.7. The number of phenols is 1. The molecule has 0 saturated heterocycles. The molecule has 0 aliphatic rings. The van der Waals surface area contributed by atoms with Gasteiger partial charge in [-0.05, 0) is 57.7 Å². The van der Waals surface area contributed by atoms with Crippen molar-refractivity contribution in [3.05, 3.63) is 121 Å². The van der Waals surface area contributed by atoms with Crippen molar-refractivity contribution in [3.63, 3.8) is 0 Å². The summed E-state index contributed by atoms with van der Waals surface area (Å²) in [7, 11) is -3.43. The van der Waals surface area contributed by atoms with Crippen molar-refractivity contribution in [1.29, 1.82) is 0 Å². The molecule has 44 heavy (non-hydrogen) atoms. The molecule has 0 saturated carbocycles. The first-order valence-corrected chi connectivity index (χ1v) is 16.2. The van der Waals surface area contributed by atoms with Crippen LogP contribution in [0.1, 0.15) is 46.0 Å². The first-order chi connectivity index (χ1) is 20.7. The van der Waals surface area contributed by atoms with E-state index in [0.29, 0.717) is 33.4 Å². The molecule has 0 atom stereocenters. The molecule has 3 aromatic carbocycles. The summed E-state index contributed by atoms with van der Waals surface area (Å²) in [5.41, 5.74) is 1.44. The second-order valence-electron chi connectivity index (χ2n) is 10.4. The van der Waals surface area contributed by atoms with Crippen molar-refractivity contribution >= 4 is 23.3 Å². The Morgan fingerprint density at radius 3 is 1.77 bits per heavy atom. The number of hydrogen-bond acceptors (Lipinski definition) is 7. The van der Waals surface area contributed by atoms with Crippen LogP contribution in [0.3, 0.4) is 0 Å². The maximum absolute atomic E-state index is 14.7. The Labute approximate surface area is 274 Å². The number of aromatic nitrogens is 4. The van der Waals surface area contributed by atoms with E-state index in [1.54, 1.807) is 60.9 Å². The van der Waals surface area contributed by atoms with Crippen LogP contribution < -0.4 is 16.2 Å². The summed E-state index contributed by atoms with van der Waals surface area (Å²) in [4.78, 5) is 20.8. The smallest absolute Gasteiger partial charge is 0.507 e. The zero-order valence-corrected chi connectivity index (χ0v) is 28.3. The van der Waals surface area contributed by atoms with Gasteiger partial charge in [-0.2, -0.15) is 60.7 Å². The standard InChI is InChI=1S/C29H23N4O2P.C6H15N.Rh/c1-29(2,25-17-19-30-27(32-25)23-15-9-10-16-24(23)34)26-18-20-31-28(33-26)36(35,21-11-5-3-6-12-21)22-13-7-4-8-14-22;1-4-7(5-2)6-3;/h3-11,13,15-20,34H,1-2H3;4-6H2,1-3H3;/q-2;;+3. The molecule has 1 N–H and O–H groups in total. The summed E-state index contributed by atoms with van der Waals surface area (Å²) in [6.07, 6.45) is 3.29. The monoisotopic (exact) mass is 694 g/mol. The molecule has 0 fully saturated rings. The van der Waals surface area contributed by atoms with Gasteiger partial charge < -0.3 is 14.6 Å². The van der Waals surface area contributed by atoms with Gasteiger partial charge in [-0.25, -0.2) is 19.9 Å². The Balaban J connectivity index is 0.000000594. The molecule has 0 amide bonds. The summed E-state index contributed by atoms with van der Waals surface area (Å²) in [5.74, 6) is 0.521. The molecule has 5 aromatic rings. The quantitative estimate of drug-likeness (QED) is 0.123. The molecule has 0 spiro atoms. The Hall–Kier alpha value is -3.57. The molecular weight excluding hydrogens is 656 g/mol.